The van der Waals surface area contributed by atoms with E-state index in [1.165, 1.54) is 0 Å². The molecule has 154 valence electrons. The van der Waals surface area contributed by atoms with Gasteiger partial charge >= 0.3 is 0 Å². The Hall–Kier alpha value is -3.35. The van der Waals surface area contributed by atoms with Crippen molar-refractivity contribution in [1.82, 2.24) is 9.78 Å². The van der Waals surface area contributed by atoms with E-state index in [1.807, 2.05) is 31.2 Å². The van der Waals surface area contributed by atoms with Crippen LogP contribution in [0, 0.1) is 18.6 Å². The molecule has 1 aliphatic carbocycles. The van der Waals surface area contributed by atoms with Crippen molar-refractivity contribution in [2.45, 2.75) is 39.2 Å². The highest BCUT2D eigenvalue weighted by Gasteiger charge is 2.22. The minimum absolute atomic E-state index is 0.147. The molecule has 4 rings (SSSR count). The minimum atomic E-state index is -0.880. The van der Waals surface area contributed by atoms with Crippen LogP contribution < -0.4 is 10.9 Å². The maximum Gasteiger partial charge on any atom is 0.270 e. The van der Waals surface area contributed by atoms with E-state index >= 15 is 0 Å². The number of carbonyl (C=O) groups excluding carboxylic acids is 1. The second kappa shape index (κ2) is 8.18. The molecule has 1 heterocycles. The molecule has 2 aromatic carbocycles. The van der Waals surface area contributed by atoms with Gasteiger partial charge in [0.15, 0.2) is 0 Å². The van der Waals surface area contributed by atoms with Crippen molar-refractivity contribution >= 4 is 11.6 Å². The zero-order valence-electron chi connectivity index (χ0n) is 16.5. The Morgan fingerprint density at radius 3 is 2.47 bits per heavy atom. The Balaban J connectivity index is 1.69. The number of hydrogen-bond donors (Lipinski definition) is 1. The molecule has 0 aliphatic heterocycles. The second-order valence-corrected chi connectivity index (χ2v) is 7.51. The zero-order valence-corrected chi connectivity index (χ0v) is 16.5. The van der Waals surface area contributed by atoms with Crippen LogP contribution in [0.5, 0.6) is 0 Å². The van der Waals surface area contributed by atoms with Gasteiger partial charge in [-0.25, -0.2) is 13.5 Å². The highest BCUT2D eigenvalue weighted by Crippen LogP contribution is 2.28. The molecule has 30 heavy (non-hydrogen) atoms. The molecule has 0 atom stereocenters. The number of nitrogens with one attached hydrogen (secondary N) is 1. The normalized spacial score (nSPS) is 13.0. The van der Waals surface area contributed by atoms with E-state index < -0.39 is 17.5 Å². The van der Waals surface area contributed by atoms with Crippen molar-refractivity contribution in [2.75, 3.05) is 5.32 Å². The number of aromatic nitrogens is 2. The quantitative estimate of drug-likeness (QED) is 0.708. The van der Waals surface area contributed by atoms with E-state index in [1.54, 1.807) is 0 Å². The molecule has 7 heteroatoms. The van der Waals surface area contributed by atoms with E-state index in [2.05, 4.69) is 10.4 Å². The van der Waals surface area contributed by atoms with Crippen LogP contribution in [0.25, 0.3) is 11.3 Å². The number of anilines is 1. The third-order valence-corrected chi connectivity index (χ3v) is 5.29. The zero-order chi connectivity index (χ0) is 21.3. The molecule has 0 radical (unpaired) electrons. The fourth-order valence-electron chi connectivity index (χ4n) is 3.75. The van der Waals surface area contributed by atoms with Crippen LogP contribution in [0.15, 0.2) is 47.3 Å². The number of aryl methyl sites for hydroxylation is 1. The minimum Gasteiger partial charge on any atom is -0.322 e. The number of amides is 1. The Morgan fingerprint density at radius 1 is 1.07 bits per heavy atom. The molecule has 0 spiro atoms. The lowest BCUT2D eigenvalue weighted by Gasteiger charge is -2.20. The SMILES string of the molecule is Cc1ccc(-c2nn(CC(=O)Nc3ccc(F)cc3F)c(=O)c3c2CCCC3)cc1. The molecule has 1 aromatic heterocycles. The summed E-state index contributed by atoms with van der Waals surface area (Å²) in [5.74, 6) is -2.23. The van der Waals surface area contributed by atoms with Crippen LogP contribution in [0.2, 0.25) is 0 Å². The smallest absolute Gasteiger partial charge is 0.270 e. The molecular weight excluding hydrogens is 388 g/mol. The first-order chi connectivity index (χ1) is 14.4. The van der Waals surface area contributed by atoms with Crippen molar-refractivity contribution in [3.05, 3.63) is 81.1 Å². The molecule has 0 unspecified atom stereocenters. The number of fused-ring (bicyclic) bond motifs is 1. The Morgan fingerprint density at radius 2 is 1.77 bits per heavy atom. The first-order valence-electron chi connectivity index (χ1n) is 9.87. The Labute approximate surface area is 172 Å². The summed E-state index contributed by atoms with van der Waals surface area (Å²) in [5, 5.41) is 6.87. The van der Waals surface area contributed by atoms with Gasteiger partial charge in [-0.1, -0.05) is 29.8 Å². The molecule has 0 saturated carbocycles. The summed E-state index contributed by atoms with van der Waals surface area (Å²) in [6.45, 7) is 1.63. The number of benzene rings is 2. The van der Waals surface area contributed by atoms with Crippen LogP contribution in [0.4, 0.5) is 14.5 Å². The van der Waals surface area contributed by atoms with Crippen molar-refractivity contribution < 1.29 is 13.6 Å². The number of hydrogen-bond acceptors (Lipinski definition) is 3. The van der Waals surface area contributed by atoms with E-state index in [4.69, 9.17) is 0 Å². The lowest BCUT2D eigenvalue weighted by molar-refractivity contribution is -0.117. The van der Waals surface area contributed by atoms with Gasteiger partial charge in [0.25, 0.3) is 5.56 Å². The summed E-state index contributed by atoms with van der Waals surface area (Å²) in [7, 11) is 0. The number of nitrogens with zero attached hydrogens (tertiary/aromatic N) is 2. The maximum atomic E-state index is 13.8. The van der Waals surface area contributed by atoms with Gasteiger partial charge in [-0.05, 0) is 50.3 Å². The van der Waals surface area contributed by atoms with Crippen LogP contribution in [0.1, 0.15) is 29.5 Å². The third kappa shape index (κ3) is 4.01. The van der Waals surface area contributed by atoms with Gasteiger partial charge in [0, 0.05) is 17.2 Å². The Bertz CT molecular complexity index is 1170. The first-order valence-corrected chi connectivity index (χ1v) is 9.87. The number of rotatable bonds is 4. The van der Waals surface area contributed by atoms with Crippen molar-refractivity contribution in [3.8, 4) is 11.3 Å². The summed E-state index contributed by atoms with van der Waals surface area (Å²) >= 11 is 0. The van der Waals surface area contributed by atoms with Gasteiger partial charge in [0.05, 0.1) is 11.4 Å². The lowest BCUT2D eigenvalue weighted by Crippen LogP contribution is -2.34. The molecule has 0 fully saturated rings. The van der Waals surface area contributed by atoms with E-state index in [-0.39, 0.29) is 17.8 Å². The predicted octanol–water partition coefficient (Wildman–Crippen LogP) is 4.01. The molecule has 1 amide bonds. The third-order valence-electron chi connectivity index (χ3n) is 5.29. The Kier molecular flexibility index (Phi) is 5.44. The van der Waals surface area contributed by atoms with Crippen LogP contribution in [0.3, 0.4) is 0 Å². The van der Waals surface area contributed by atoms with Gasteiger partial charge in [0.2, 0.25) is 5.91 Å². The van der Waals surface area contributed by atoms with Gasteiger partial charge in [-0.2, -0.15) is 5.10 Å². The van der Waals surface area contributed by atoms with Crippen LogP contribution in [-0.2, 0) is 24.2 Å². The highest BCUT2D eigenvalue weighted by atomic mass is 19.1. The molecule has 1 N–H and O–H groups in total. The summed E-state index contributed by atoms with van der Waals surface area (Å²) < 4.78 is 28.0. The van der Waals surface area contributed by atoms with Crippen molar-refractivity contribution in [2.24, 2.45) is 0 Å². The monoisotopic (exact) mass is 409 g/mol. The van der Waals surface area contributed by atoms with Gasteiger partial charge < -0.3 is 5.32 Å². The van der Waals surface area contributed by atoms with E-state index in [9.17, 15) is 18.4 Å². The molecule has 3 aromatic rings. The first kappa shape index (κ1) is 19.9. The van der Waals surface area contributed by atoms with Crippen molar-refractivity contribution in [3.63, 3.8) is 0 Å². The maximum absolute atomic E-state index is 13.8. The molecule has 0 saturated heterocycles. The fourth-order valence-corrected chi connectivity index (χ4v) is 3.75. The average Bonchev–Trinajstić information content (AvgIpc) is 2.73. The molecule has 0 bridgehead atoms. The summed E-state index contributed by atoms with van der Waals surface area (Å²) in [6.07, 6.45) is 3.31. The molecular formula is C23H21F2N3O2. The summed E-state index contributed by atoms with van der Waals surface area (Å²) in [6, 6.07) is 10.7. The molecule has 1 aliphatic rings. The lowest BCUT2D eigenvalue weighted by atomic mass is 9.89. The van der Waals surface area contributed by atoms with E-state index in [0.29, 0.717) is 23.7 Å². The van der Waals surface area contributed by atoms with Crippen molar-refractivity contribution in [1.29, 1.82) is 0 Å². The average molecular weight is 409 g/mol. The molecule has 5 nitrogen and oxygen atoms in total. The number of carbonyl (C=O) groups is 1. The largest absolute Gasteiger partial charge is 0.322 e. The van der Waals surface area contributed by atoms with Crippen LogP contribution >= 0.6 is 0 Å². The van der Waals surface area contributed by atoms with E-state index in [0.717, 1.165) is 52.8 Å². The summed E-state index contributed by atoms with van der Waals surface area (Å²) in [4.78, 5) is 25.4. The highest BCUT2D eigenvalue weighted by molar-refractivity contribution is 5.90. The number of halogens is 2. The van der Waals surface area contributed by atoms with Gasteiger partial charge in [-0.15, -0.1) is 0 Å². The summed E-state index contributed by atoms with van der Waals surface area (Å²) in [5.41, 5.74) is 3.88. The van der Waals surface area contributed by atoms with Gasteiger partial charge in [0.1, 0.15) is 18.2 Å². The fraction of sp³-hybridized carbons (Fsp3) is 0.261. The second-order valence-electron chi connectivity index (χ2n) is 7.51. The van der Waals surface area contributed by atoms with Crippen LogP contribution in [-0.4, -0.2) is 15.7 Å². The van der Waals surface area contributed by atoms with Gasteiger partial charge in [-0.3, -0.25) is 9.59 Å². The standard InChI is InChI=1S/C23H21F2N3O2/c1-14-6-8-15(9-7-14)22-17-4-2-3-5-18(17)23(30)28(27-22)13-21(29)26-20-11-10-16(24)12-19(20)25/h6-12H,2-5,13H2,1H3,(H,26,29). The topological polar surface area (TPSA) is 64.0 Å². The predicted molar refractivity (Wildman–Crippen MR) is 110 cm³/mol.